The number of hydrogen-bond donors (Lipinski definition) is 1. The van der Waals surface area contributed by atoms with Gasteiger partial charge in [0.15, 0.2) is 0 Å². The van der Waals surface area contributed by atoms with Crippen molar-refractivity contribution in [2.75, 3.05) is 5.73 Å². The standard InChI is InChI=1S/C13H11FINO/c14-10-2-1-9(13(16)7-10)8-17-12-5-3-11(15)4-6-12/h1-7H,8,16H2. The maximum absolute atomic E-state index is 12.8. The van der Waals surface area contributed by atoms with Crippen LogP contribution in [0, 0.1) is 9.39 Å². The van der Waals surface area contributed by atoms with Crippen molar-refractivity contribution < 1.29 is 9.13 Å². The molecule has 4 heteroatoms. The lowest BCUT2D eigenvalue weighted by atomic mass is 10.2. The minimum atomic E-state index is -0.333. The van der Waals surface area contributed by atoms with Crippen LogP contribution < -0.4 is 10.5 Å². The largest absolute Gasteiger partial charge is 0.489 e. The molecule has 0 aliphatic heterocycles. The Hall–Kier alpha value is -1.30. The van der Waals surface area contributed by atoms with Crippen LogP contribution in [0.1, 0.15) is 5.56 Å². The van der Waals surface area contributed by atoms with E-state index in [0.717, 1.165) is 14.9 Å². The molecule has 2 N–H and O–H groups in total. The molecule has 0 bridgehead atoms. The van der Waals surface area contributed by atoms with E-state index >= 15 is 0 Å². The second-order valence-corrected chi connectivity index (χ2v) is 4.83. The molecule has 0 amide bonds. The number of hydrogen-bond acceptors (Lipinski definition) is 2. The maximum Gasteiger partial charge on any atom is 0.125 e. The highest BCUT2D eigenvalue weighted by Crippen LogP contribution is 2.18. The SMILES string of the molecule is Nc1cc(F)ccc1COc1ccc(I)cc1. The van der Waals surface area contributed by atoms with Gasteiger partial charge in [0, 0.05) is 14.8 Å². The maximum atomic E-state index is 12.8. The second kappa shape index (κ2) is 5.35. The van der Waals surface area contributed by atoms with Crippen molar-refractivity contribution in [3.05, 3.63) is 57.4 Å². The van der Waals surface area contributed by atoms with E-state index in [1.54, 1.807) is 6.07 Å². The summed E-state index contributed by atoms with van der Waals surface area (Å²) in [4.78, 5) is 0. The van der Waals surface area contributed by atoms with E-state index in [-0.39, 0.29) is 5.82 Å². The Labute approximate surface area is 113 Å². The average molecular weight is 343 g/mol. The first-order valence-corrected chi connectivity index (χ1v) is 6.15. The summed E-state index contributed by atoms with van der Waals surface area (Å²) in [7, 11) is 0. The van der Waals surface area contributed by atoms with Crippen LogP contribution in [-0.2, 0) is 6.61 Å². The van der Waals surface area contributed by atoms with Crippen LogP contribution in [0.3, 0.4) is 0 Å². The molecule has 2 aromatic rings. The lowest BCUT2D eigenvalue weighted by molar-refractivity contribution is 0.306. The predicted octanol–water partition coefficient (Wildman–Crippen LogP) is 3.59. The first kappa shape index (κ1) is 12.2. The van der Waals surface area contributed by atoms with Gasteiger partial charge >= 0.3 is 0 Å². The van der Waals surface area contributed by atoms with Gasteiger partial charge in [0.2, 0.25) is 0 Å². The zero-order valence-electron chi connectivity index (χ0n) is 8.99. The molecule has 0 saturated carbocycles. The van der Waals surface area contributed by atoms with Crippen LogP contribution in [-0.4, -0.2) is 0 Å². The summed E-state index contributed by atoms with van der Waals surface area (Å²) >= 11 is 2.23. The normalized spacial score (nSPS) is 10.2. The Kier molecular flexibility index (Phi) is 3.83. The van der Waals surface area contributed by atoms with Gasteiger partial charge in [0.1, 0.15) is 18.2 Å². The summed E-state index contributed by atoms with van der Waals surface area (Å²) in [5, 5.41) is 0. The molecule has 0 heterocycles. The Balaban J connectivity index is 2.04. The number of nitrogen functional groups attached to an aromatic ring is 1. The fourth-order valence-corrected chi connectivity index (χ4v) is 1.75. The van der Waals surface area contributed by atoms with Crippen LogP contribution in [0.4, 0.5) is 10.1 Å². The van der Waals surface area contributed by atoms with Gasteiger partial charge in [-0.05, 0) is 59.0 Å². The minimum absolute atomic E-state index is 0.333. The molecule has 0 aliphatic carbocycles. The summed E-state index contributed by atoms with van der Waals surface area (Å²) in [6.45, 7) is 0.340. The van der Waals surface area contributed by atoms with Gasteiger partial charge in [-0.2, -0.15) is 0 Å². The highest BCUT2D eigenvalue weighted by molar-refractivity contribution is 14.1. The molecular formula is C13H11FINO. The molecule has 0 aromatic heterocycles. The molecule has 88 valence electrons. The average Bonchev–Trinajstić information content (AvgIpc) is 2.30. The topological polar surface area (TPSA) is 35.2 Å². The monoisotopic (exact) mass is 343 g/mol. The number of benzene rings is 2. The van der Waals surface area contributed by atoms with Crippen LogP contribution in [0.5, 0.6) is 5.75 Å². The highest BCUT2D eigenvalue weighted by Gasteiger charge is 2.02. The fourth-order valence-electron chi connectivity index (χ4n) is 1.39. The zero-order chi connectivity index (χ0) is 12.3. The molecule has 0 aliphatic rings. The van der Waals surface area contributed by atoms with E-state index in [1.165, 1.54) is 12.1 Å². The van der Waals surface area contributed by atoms with Crippen molar-refractivity contribution in [3.63, 3.8) is 0 Å². The van der Waals surface area contributed by atoms with Crippen LogP contribution in [0.15, 0.2) is 42.5 Å². The lowest BCUT2D eigenvalue weighted by Gasteiger charge is -2.08. The van der Waals surface area contributed by atoms with Gasteiger partial charge in [-0.1, -0.05) is 6.07 Å². The van der Waals surface area contributed by atoms with Crippen molar-refractivity contribution >= 4 is 28.3 Å². The first-order valence-electron chi connectivity index (χ1n) is 5.07. The van der Waals surface area contributed by atoms with Crippen molar-refractivity contribution in [2.45, 2.75) is 6.61 Å². The second-order valence-electron chi connectivity index (χ2n) is 3.59. The number of halogens is 2. The fraction of sp³-hybridized carbons (Fsp3) is 0.0769. The Morgan fingerprint density at radius 3 is 2.47 bits per heavy atom. The summed E-state index contributed by atoms with van der Waals surface area (Å²) in [6.07, 6.45) is 0. The molecule has 2 nitrogen and oxygen atoms in total. The van der Waals surface area contributed by atoms with Crippen molar-refractivity contribution in [3.8, 4) is 5.75 Å². The quantitative estimate of drug-likeness (QED) is 0.683. The smallest absolute Gasteiger partial charge is 0.125 e. The summed E-state index contributed by atoms with van der Waals surface area (Å²) < 4.78 is 19.5. The zero-order valence-corrected chi connectivity index (χ0v) is 11.1. The Morgan fingerprint density at radius 1 is 1.12 bits per heavy atom. The molecule has 0 spiro atoms. The van der Waals surface area contributed by atoms with E-state index in [2.05, 4.69) is 22.6 Å². The molecule has 2 rings (SSSR count). The van der Waals surface area contributed by atoms with E-state index in [9.17, 15) is 4.39 Å². The van der Waals surface area contributed by atoms with Crippen LogP contribution >= 0.6 is 22.6 Å². The van der Waals surface area contributed by atoms with Gasteiger partial charge in [-0.3, -0.25) is 0 Å². The molecule has 0 unspecified atom stereocenters. The number of nitrogens with two attached hydrogens (primary N) is 1. The van der Waals surface area contributed by atoms with Crippen molar-refractivity contribution in [1.29, 1.82) is 0 Å². The van der Waals surface area contributed by atoms with E-state index < -0.39 is 0 Å². The van der Waals surface area contributed by atoms with Gasteiger partial charge < -0.3 is 10.5 Å². The molecule has 0 atom stereocenters. The molecule has 2 aromatic carbocycles. The Bertz CT molecular complexity index is 513. The van der Waals surface area contributed by atoms with E-state index in [1.807, 2.05) is 24.3 Å². The highest BCUT2D eigenvalue weighted by atomic mass is 127. The number of ether oxygens (including phenoxy) is 1. The molecule has 0 saturated heterocycles. The van der Waals surface area contributed by atoms with Gasteiger partial charge in [0.25, 0.3) is 0 Å². The Morgan fingerprint density at radius 2 is 1.82 bits per heavy atom. The molecule has 0 radical (unpaired) electrons. The van der Waals surface area contributed by atoms with Gasteiger partial charge in [0.05, 0.1) is 0 Å². The lowest BCUT2D eigenvalue weighted by Crippen LogP contribution is -2.00. The minimum Gasteiger partial charge on any atom is -0.489 e. The number of anilines is 1. The summed E-state index contributed by atoms with van der Waals surface area (Å²) in [6, 6.07) is 12.0. The first-order chi connectivity index (χ1) is 8.15. The molecular weight excluding hydrogens is 332 g/mol. The van der Waals surface area contributed by atoms with E-state index in [4.69, 9.17) is 10.5 Å². The summed E-state index contributed by atoms with van der Waals surface area (Å²) in [5.74, 6) is 0.439. The summed E-state index contributed by atoms with van der Waals surface area (Å²) in [5.41, 5.74) is 6.88. The van der Waals surface area contributed by atoms with Crippen molar-refractivity contribution in [1.82, 2.24) is 0 Å². The third kappa shape index (κ3) is 3.33. The van der Waals surface area contributed by atoms with Crippen molar-refractivity contribution in [2.24, 2.45) is 0 Å². The molecule has 17 heavy (non-hydrogen) atoms. The third-order valence-corrected chi connectivity index (χ3v) is 3.04. The van der Waals surface area contributed by atoms with E-state index in [0.29, 0.717) is 12.3 Å². The van der Waals surface area contributed by atoms with Gasteiger partial charge in [-0.15, -0.1) is 0 Å². The van der Waals surface area contributed by atoms with Crippen LogP contribution in [0.25, 0.3) is 0 Å². The predicted molar refractivity (Wildman–Crippen MR) is 74.3 cm³/mol. The third-order valence-electron chi connectivity index (χ3n) is 2.32. The van der Waals surface area contributed by atoms with Gasteiger partial charge in [-0.25, -0.2) is 4.39 Å². The molecule has 0 fully saturated rings. The van der Waals surface area contributed by atoms with Crippen LogP contribution in [0.2, 0.25) is 0 Å². The number of rotatable bonds is 3.